The van der Waals surface area contributed by atoms with Crippen LogP contribution in [0.3, 0.4) is 0 Å². The van der Waals surface area contributed by atoms with Crippen LogP contribution in [0.15, 0.2) is 29.2 Å². The number of anilines is 1. The van der Waals surface area contributed by atoms with Gasteiger partial charge in [0.05, 0.1) is 4.90 Å². The average Bonchev–Trinajstić information content (AvgIpc) is 2.82. The summed E-state index contributed by atoms with van der Waals surface area (Å²) in [5.41, 5.74) is 0.893. The number of nitrogens with one attached hydrogen (secondary N) is 1. The van der Waals surface area contributed by atoms with Crippen molar-refractivity contribution in [1.82, 2.24) is 4.31 Å². The second kappa shape index (κ2) is 5.28. The molecular formula is C13H20N2O2S. The summed E-state index contributed by atoms with van der Waals surface area (Å²) >= 11 is 0. The van der Waals surface area contributed by atoms with Crippen molar-refractivity contribution < 1.29 is 8.42 Å². The number of rotatable bonds is 4. The first-order chi connectivity index (χ1) is 8.50. The molecule has 0 aromatic heterocycles. The maximum atomic E-state index is 12.0. The Morgan fingerprint density at radius 3 is 2.50 bits per heavy atom. The fourth-order valence-electron chi connectivity index (χ4n) is 2.26. The summed E-state index contributed by atoms with van der Waals surface area (Å²) < 4.78 is 25.3. The van der Waals surface area contributed by atoms with E-state index in [0.29, 0.717) is 10.9 Å². The summed E-state index contributed by atoms with van der Waals surface area (Å²) in [7, 11) is -0.244. The first-order valence-electron chi connectivity index (χ1n) is 6.29. The van der Waals surface area contributed by atoms with Gasteiger partial charge in [0.25, 0.3) is 0 Å². The van der Waals surface area contributed by atoms with Gasteiger partial charge in [0.15, 0.2) is 0 Å². The Labute approximate surface area is 109 Å². The predicted molar refractivity (Wildman–Crippen MR) is 73.2 cm³/mol. The molecule has 0 bridgehead atoms. The quantitative estimate of drug-likeness (QED) is 0.911. The second-order valence-corrected chi connectivity index (χ2v) is 7.09. The minimum absolute atomic E-state index is 0.343. The molecule has 0 unspecified atom stereocenters. The second-order valence-electron chi connectivity index (χ2n) is 4.94. The molecule has 5 heteroatoms. The lowest BCUT2D eigenvalue weighted by molar-refractivity contribution is 0.521. The van der Waals surface area contributed by atoms with Gasteiger partial charge < -0.3 is 5.32 Å². The Kier molecular flexibility index (Phi) is 3.92. The highest BCUT2D eigenvalue weighted by Crippen LogP contribution is 2.24. The van der Waals surface area contributed by atoms with E-state index in [1.165, 1.54) is 30.0 Å². The number of nitrogens with zero attached hydrogens (tertiary/aromatic N) is 1. The van der Waals surface area contributed by atoms with Crippen LogP contribution < -0.4 is 5.32 Å². The Morgan fingerprint density at radius 1 is 1.22 bits per heavy atom. The van der Waals surface area contributed by atoms with Crippen LogP contribution in [0.5, 0.6) is 0 Å². The van der Waals surface area contributed by atoms with Crippen molar-refractivity contribution in [1.29, 1.82) is 0 Å². The fraction of sp³-hybridized carbons (Fsp3) is 0.538. The molecule has 0 amide bonds. The SMILES string of the molecule is CN(C)S(=O)(=O)c1cccc(NC2CCCC2)c1. The van der Waals surface area contributed by atoms with Crippen LogP contribution in [0, 0.1) is 0 Å². The van der Waals surface area contributed by atoms with Gasteiger partial charge in [0, 0.05) is 25.8 Å². The minimum Gasteiger partial charge on any atom is -0.382 e. The van der Waals surface area contributed by atoms with E-state index in [1.54, 1.807) is 32.3 Å². The van der Waals surface area contributed by atoms with Crippen molar-refractivity contribution in [2.24, 2.45) is 0 Å². The van der Waals surface area contributed by atoms with E-state index in [2.05, 4.69) is 5.32 Å². The largest absolute Gasteiger partial charge is 0.382 e. The molecule has 1 aliphatic rings. The third kappa shape index (κ3) is 2.84. The molecule has 4 nitrogen and oxygen atoms in total. The summed E-state index contributed by atoms with van der Waals surface area (Å²) in [5.74, 6) is 0. The van der Waals surface area contributed by atoms with E-state index < -0.39 is 10.0 Å². The van der Waals surface area contributed by atoms with E-state index in [-0.39, 0.29) is 0 Å². The van der Waals surface area contributed by atoms with Gasteiger partial charge in [-0.25, -0.2) is 12.7 Å². The zero-order valence-electron chi connectivity index (χ0n) is 10.9. The van der Waals surface area contributed by atoms with Gasteiger partial charge >= 0.3 is 0 Å². The predicted octanol–water partition coefficient (Wildman–Crippen LogP) is 2.29. The van der Waals surface area contributed by atoms with E-state index >= 15 is 0 Å². The number of benzene rings is 1. The van der Waals surface area contributed by atoms with Gasteiger partial charge in [0.2, 0.25) is 10.0 Å². The lowest BCUT2D eigenvalue weighted by atomic mass is 10.2. The monoisotopic (exact) mass is 268 g/mol. The number of sulfonamides is 1. The van der Waals surface area contributed by atoms with Crippen molar-refractivity contribution in [3.8, 4) is 0 Å². The molecule has 1 aliphatic carbocycles. The lowest BCUT2D eigenvalue weighted by Gasteiger charge is -2.16. The molecule has 0 heterocycles. The number of hydrogen-bond acceptors (Lipinski definition) is 3. The van der Waals surface area contributed by atoms with Crippen LogP contribution in [0.2, 0.25) is 0 Å². The van der Waals surface area contributed by atoms with Crippen molar-refractivity contribution in [2.45, 2.75) is 36.6 Å². The standard InChI is InChI=1S/C13H20N2O2S/c1-15(2)18(16,17)13-9-5-8-12(10-13)14-11-6-3-4-7-11/h5,8-11,14H,3-4,6-7H2,1-2H3. The third-order valence-electron chi connectivity index (χ3n) is 3.34. The molecule has 1 saturated carbocycles. The molecule has 0 spiro atoms. The minimum atomic E-state index is -3.34. The summed E-state index contributed by atoms with van der Waals surface area (Å²) in [4.78, 5) is 0.343. The number of hydrogen-bond donors (Lipinski definition) is 1. The highest BCUT2D eigenvalue weighted by atomic mass is 32.2. The van der Waals surface area contributed by atoms with Crippen LogP contribution in [0.1, 0.15) is 25.7 Å². The third-order valence-corrected chi connectivity index (χ3v) is 5.15. The van der Waals surface area contributed by atoms with Crippen LogP contribution >= 0.6 is 0 Å². The van der Waals surface area contributed by atoms with Crippen molar-refractivity contribution >= 4 is 15.7 Å². The summed E-state index contributed by atoms with van der Waals surface area (Å²) in [6.07, 6.45) is 4.86. The molecule has 0 aliphatic heterocycles. The van der Waals surface area contributed by atoms with Gasteiger partial charge in [-0.2, -0.15) is 0 Å². The van der Waals surface area contributed by atoms with Gasteiger partial charge in [-0.3, -0.25) is 0 Å². The average molecular weight is 268 g/mol. The maximum Gasteiger partial charge on any atom is 0.242 e. The van der Waals surface area contributed by atoms with Gasteiger partial charge in [0.1, 0.15) is 0 Å². The molecule has 1 N–H and O–H groups in total. The first kappa shape index (κ1) is 13.4. The molecule has 0 saturated heterocycles. The molecule has 0 radical (unpaired) electrons. The van der Waals surface area contributed by atoms with Crippen LogP contribution in [-0.4, -0.2) is 32.9 Å². The van der Waals surface area contributed by atoms with E-state index in [0.717, 1.165) is 5.69 Å². The molecule has 0 atom stereocenters. The molecule has 2 rings (SSSR count). The molecular weight excluding hydrogens is 248 g/mol. The van der Waals surface area contributed by atoms with Crippen LogP contribution in [0.25, 0.3) is 0 Å². The van der Waals surface area contributed by atoms with E-state index in [1.807, 2.05) is 6.07 Å². The normalized spacial score (nSPS) is 17.3. The highest BCUT2D eigenvalue weighted by Gasteiger charge is 2.19. The summed E-state index contributed by atoms with van der Waals surface area (Å²) in [5, 5.41) is 3.41. The topological polar surface area (TPSA) is 49.4 Å². The highest BCUT2D eigenvalue weighted by molar-refractivity contribution is 7.89. The Morgan fingerprint density at radius 2 is 1.89 bits per heavy atom. The maximum absolute atomic E-state index is 12.0. The van der Waals surface area contributed by atoms with Crippen molar-refractivity contribution in [2.75, 3.05) is 19.4 Å². The molecule has 1 aromatic carbocycles. The smallest absolute Gasteiger partial charge is 0.242 e. The molecule has 100 valence electrons. The summed E-state index contributed by atoms with van der Waals surface area (Å²) in [6, 6.07) is 7.55. The Hall–Kier alpha value is -1.07. The van der Waals surface area contributed by atoms with E-state index in [4.69, 9.17) is 0 Å². The van der Waals surface area contributed by atoms with Crippen LogP contribution in [-0.2, 0) is 10.0 Å². The zero-order valence-corrected chi connectivity index (χ0v) is 11.7. The molecule has 1 fully saturated rings. The fourth-order valence-corrected chi connectivity index (χ4v) is 3.21. The van der Waals surface area contributed by atoms with E-state index in [9.17, 15) is 8.42 Å². The molecule has 1 aromatic rings. The van der Waals surface area contributed by atoms with Gasteiger partial charge in [-0.05, 0) is 31.0 Å². The van der Waals surface area contributed by atoms with Gasteiger partial charge in [-0.1, -0.05) is 18.9 Å². The molecule has 18 heavy (non-hydrogen) atoms. The Balaban J connectivity index is 2.19. The first-order valence-corrected chi connectivity index (χ1v) is 7.73. The lowest BCUT2D eigenvalue weighted by Crippen LogP contribution is -2.22. The zero-order chi connectivity index (χ0) is 13.2. The Bertz CT molecular complexity index is 505. The van der Waals surface area contributed by atoms with Crippen molar-refractivity contribution in [3.05, 3.63) is 24.3 Å². The summed E-state index contributed by atoms with van der Waals surface area (Å²) in [6.45, 7) is 0. The van der Waals surface area contributed by atoms with Crippen molar-refractivity contribution in [3.63, 3.8) is 0 Å². The van der Waals surface area contributed by atoms with Gasteiger partial charge in [-0.15, -0.1) is 0 Å². The van der Waals surface area contributed by atoms with Crippen LogP contribution in [0.4, 0.5) is 5.69 Å².